The molecule has 0 radical (unpaired) electrons. The number of rotatable bonds is 18. The number of amides is 4. The van der Waals surface area contributed by atoms with Crippen LogP contribution in [0, 0.1) is 11.8 Å². The molecule has 0 heterocycles. The van der Waals surface area contributed by atoms with Crippen LogP contribution in [0.1, 0.15) is 83.5 Å². The van der Waals surface area contributed by atoms with Gasteiger partial charge in [-0.1, -0.05) is 59.6 Å². The number of benzene rings is 1. The molecule has 228 valence electrons. The molecule has 0 spiro atoms. The molecule has 12 heteroatoms. The van der Waals surface area contributed by atoms with Gasteiger partial charge in [-0.15, -0.1) is 0 Å². The third kappa shape index (κ3) is 12.4. The van der Waals surface area contributed by atoms with E-state index in [1.807, 2.05) is 20.8 Å². The van der Waals surface area contributed by atoms with Crippen LogP contribution >= 0.6 is 0 Å². The molecule has 0 aliphatic carbocycles. The molecule has 0 bridgehead atoms. The van der Waals surface area contributed by atoms with E-state index in [0.29, 0.717) is 25.5 Å². The second-order valence-electron chi connectivity index (χ2n) is 10.9. The van der Waals surface area contributed by atoms with E-state index in [1.165, 1.54) is 12.1 Å². The summed E-state index contributed by atoms with van der Waals surface area (Å²) in [6.45, 7) is 9.19. The van der Waals surface area contributed by atoms with Crippen molar-refractivity contribution in [1.82, 2.24) is 21.3 Å². The first-order valence-corrected chi connectivity index (χ1v) is 14.0. The highest BCUT2D eigenvalue weighted by Crippen LogP contribution is 2.13. The molecule has 41 heavy (non-hydrogen) atoms. The van der Waals surface area contributed by atoms with Crippen molar-refractivity contribution in [2.24, 2.45) is 11.8 Å². The standard InChI is InChI=1S/C29H45N5O7/c1-6-7-12-22(27(39)31-19(16-35)15-17(2)3)33-29(41)25(18(4)5)34-28(40)23(13-14-24(36)37)32-26(38)20-10-8-9-11-21(20)30/h8-11,16-19,22-23,25H,6-7,12-15,30H2,1-5H3,(H,31,39)(H,32,38)(H,33,41)(H,34,40)(H,36,37)/t19-,22-,23-,25-/m0/s1. The minimum absolute atomic E-state index is 0.120. The van der Waals surface area contributed by atoms with Crippen molar-refractivity contribution in [1.29, 1.82) is 0 Å². The van der Waals surface area contributed by atoms with Gasteiger partial charge in [-0.3, -0.25) is 24.0 Å². The Kier molecular flexibility index (Phi) is 15.1. The molecule has 0 saturated heterocycles. The maximum Gasteiger partial charge on any atom is 0.303 e. The summed E-state index contributed by atoms with van der Waals surface area (Å²) >= 11 is 0. The monoisotopic (exact) mass is 575 g/mol. The van der Waals surface area contributed by atoms with Crippen molar-refractivity contribution in [2.75, 3.05) is 5.73 Å². The fourth-order valence-corrected chi connectivity index (χ4v) is 4.14. The van der Waals surface area contributed by atoms with Crippen LogP contribution in [0.4, 0.5) is 5.69 Å². The lowest BCUT2D eigenvalue weighted by molar-refractivity contribution is -0.137. The van der Waals surface area contributed by atoms with Crippen LogP contribution in [0.3, 0.4) is 0 Å². The third-order valence-electron chi connectivity index (χ3n) is 6.42. The van der Waals surface area contributed by atoms with Crippen LogP contribution < -0.4 is 27.0 Å². The van der Waals surface area contributed by atoms with Gasteiger partial charge in [0.25, 0.3) is 5.91 Å². The van der Waals surface area contributed by atoms with E-state index >= 15 is 0 Å². The number of para-hydroxylation sites is 1. The fourth-order valence-electron chi connectivity index (χ4n) is 4.14. The number of carboxylic acids is 1. The van der Waals surface area contributed by atoms with Gasteiger partial charge >= 0.3 is 5.97 Å². The Morgan fingerprint density at radius 3 is 2.02 bits per heavy atom. The molecule has 0 aliphatic rings. The number of hydrogen-bond donors (Lipinski definition) is 6. The van der Waals surface area contributed by atoms with E-state index in [9.17, 15) is 28.8 Å². The van der Waals surface area contributed by atoms with Gasteiger partial charge in [0.05, 0.1) is 11.6 Å². The minimum Gasteiger partial charge on any atom is -0.481 e. The number of nitrogens with two attached hydrogens (primary N) is 1. The van der Waals surface area contributed by atoms with Gasteiger partial charge in [-0.2, -0.15) is 0 Å². The predicted octanol–water partition coefficient (Wildman–Crippen LogP) is 1.78. The van der Waals surface area contributed by atoms with Crippen LogP contribution in [0.2, 0.25) is 0 Å². The predicted molar refractivity (Wildman–Crippen MR) is 155 cm³/mol. The Morgan fingerprint density at radius 1 is 0.878 bits per heavy atom. The number of nitrogen functional groups attached to an aromatic ring is 1. The van der Waals surface area contributed by atoms with Gasteiger partial charge in [0.15, 0.2) is 0 Å². The lowest BCUT2D eigenvalue weighted by atomic mass is 10.00. The number of hydrogen-bond acceptors (Lipinski definition) is 7. The maximum absolute atomic E-state index is 13.3. The molecule has 0 aromatic heterocycles. The first-order valence-electron chi connectivity index (χ1n) is 14.0. The van der Waals surface area contributed by atoms with Gasteiger partial charge in [0.2, 0.25) is 17.7 Å². The smallest absolute Gasteiger partial charge is 0.303 e. The highest BCUT2D eigenvalue weighted by atomic mass is 16.4. The summed E-state index contributed by atoms with van der Waals surface area (Å²) in [5.41, 5.74) is 6.17. The van der Waals surface area contributed by atoms with Crippen molar-refractivity contribution in [3.8, 4) is 0 Å². The van der Waals surface area contributed by atoms with Crippen LogP contribution in [0.15, 0.2) is 24.3 Å². The number of aliphatic carboxylic acids is 1. The summed E-state index contributed by atoms with van der Waals surface area (Å²) in [4.78, 5) is 75.1. The Labute approximate surface area is 241 Å². The van der Waals surface area contributed by atoms with E-state index < -0.39 is 66.1 Å². The van der Waals surface area contributed by atoms with Crippen molar-refractivity contribution in [3.05, 3.63) is 29.8 Å². The fraction of sp³-hybridized carbons (Fsp3) is 0.586. The first-order chi connectivity index (χ1) is 19.3. The molecule has 1 aromatic carbocycles. The van der Waals surface area contributed by atoms with Crippen molar-refractivity contribution in [3.63, 3.8) is 0 Å². The molecule has 1 rings (SSSR count). The molecular formula is C29H45N5O7. The second-order valence-corrected chi connectivity index (χ2v) is 10.9. The van der Waals surface area contributed by atoms with Crippen LogP contribution in [0.25, 0.3) is 0 Å². The maximum atomic E-state index is 13.3. The summed E-state index contributed by atoms with van der Waals surface area (Å²) < 4.78 is 0. The molecular weight excluding hydrogens is 530 g/mol. The normalized spacial score (nSPS) is 13.9. The number of anilines is 1. The molecule has 0 saturated carbocycles. The number of unbranched alkanes of at least 4 members (excludes halogenated alkanes) is 1. The summed E-state index contributed by atoms with van der Waals surface area (Å²) in [6.07, 6.45) is 2.22. The Morgan fingerprint density at radius 2 is 1.49 bits per heavy atom. The molecule has 0 fully saturated rings. The number of carboxylic acid groups (broad SMARTS) is 1. The Balaban J connectivity index is 3.09. The second kappa shape index (κ2) is 17.7. The zero-order valence-electron chi connectivity index (χ0n) is 24.6. The van der Waals surface area contributed by atoms with Crippen molar-refractivity contribution < 1.29 is 33.9 Å². The minimum atomic E-state index is -1.27. The SMILES string of the molecule is CCCC[C@H](NC(=O)[C@@H](NC(=O)[C@H](CCC(=O)O)NC(=O)c1ccccc1N)C(C)C)C(=O)N[C@H](C=O)CC(C)C. The quantitative estimate of drug-likeness (QED) is 0.112. The topological polar surface area (TPSA) is 197 Å². The summed E-state index contributed by atoms with van der Waals surface area (Å²) in [5, 5.41) is 19.7. The van der Waals surface area contributed by atoms with Crippen molar-refractivity contribution >= 4 is 41.6 Å². The first kappa shape index (κ1) is 35.1. The Hall–Kier alpha value is -3.96. The van der Waals surface area contributed by atoms with Crippen LogP contribution in [-0.4, -0.2) is 65.2 Å². The number of carbonyl (C=O) groups excluding carboxylic acids is 5. The number of aldehydes is 1. The lowest BCUT2D eigenvalue weighted by Gasteiger charge is -2.28. The van der Waals surface area contributed by atoms with E-state index in [1.54, 1.807) is 26.0 Å². The van der Waals surface area contributed by atoms with Gasteiger partial charge in [-0.05, 0) is 43.2 Å². The largest absolute Gasteiger partial charge is 0.481 e. The zero-order chi connectivity index (χ0) is 31.1. The average molecular weight is 576 g/mol. The van der Waals surface area contributed by atoms with Gasteiger partial charge in [0, 0.05) is 12.1 Å². The van der Waals surface area contributed by atoms with Gasteiger partial charge < -0.3 is 36.9 Å². The Bertz CT molecular complexity index is 1060. The van der Waals surface area contributed by atoms with Crippen LogP contribution in [0.5, 0.6) is 0 Å². The summed E-state index contributed by atoms with van der Waals surface area (Å²) in [7, 11) is 0. The summed E-state index contributed by atoms with van der Waals surface area (Å²) in [5.74, 6) is -3.94. The van der Waals surface area contributed by atoms with E-state index in [-0.39, 0.29) is 23.6 Å². The lowest BCUT2D eigenvalue weighted by Crippen LogP contribution is -2.58. The highest BCUT2D eigenvalue weighted by Gasteiger charge is 2.32. The van der Waals surface area contributed by atoms with Gasteiger partial charge in [-0.25, -0.2) is 0 Å². The zero-order valence-corrected chi connectivity index (χ0v) is 24.6. The highest BCUT2D eigenvalue weighted by molar-refractivity contribution is 6.02. The number of nitrogens with one attached hydrogen (secondary N) is 4. The molecule has 0 unspecified atom stereocenters. The molecule has 4 atom stereocenters. The average Bonchev–Trinajstić information content (AvgIpc) is 2.90. The molecule has 12 nitrogen and oxygen atoms in total. The molecule has 7 N–H and O–H groups in total. The summed E-state index contributed by atoms with van der Waals surface area (Å²) in [6, 6.07) is 2.25. The molecule has 4 amide bonds. The van der Waals surface area contributed by atoms with E-state index in [4.69, 9.17) is 10.8 Å². The molecule has 1 aromatic rings. The molecule has 0 aliphatic heterocycles. The van der Waals surface area contributed by atoms with Crippen LogP contribution in [-0.2, 0) is 24.0 Å². The van der Waals surface area contributed by atoms with E-state index in [2.05, 4.69) is 21.3 Å². The van der Waals surface area contributed by atoms with Crippen molar-refractivity contribution in [2.45, 2.75) is 97.3 Å². The van der Waals surface area contributed by atoms with E-state index in [0.717, 1.165) is 6.42 Å². The third-order valence-corrected chi connectivity index (χ3v) is 6.42. The van der Waals surface area contributed by atoms with Gasteiger partial charge in [0.1, 0.15) is 24.4 Å². The number of carbonyl (C=O) groups is 6.